The van der Waals surface area contributed by atoms with Crippen molar-refractivity contribution in [3.05, 3.63) is 33.2 Å². The van der Waals surface area contributed by atoms with Gasteiger partial charge in [-0.25, -0.2) is 8.78 Å². The molecule has 100 valence electrons. The number of aromatic nitrogens is 1. The topological polar surface area (TPSA) is 70.2 Å². The zero-order valence-corrected chi connectivity index (χ0v) is 8.52. The smallest absolute Gasteiger partial charge is 0.421 e. The molecule has 0 amide bonds. The van der Waals surface area contributed by atoms with Crippen molar-refractivity contribution in [3.8, 4) is 0 Å². The summed E-state index contributed by atoms with van der Waals surface area (Å²) in [6.07, 6.45) is -9.35. The van der Waals surface area contributed by atoms with Crippen LogP contribution in [-0.2, 0) is 17.4 Å². The standard InChI is InChI=1S/C9H6F5NO3/c10-7(11)6-3(2-5(16)17)1-4(8(18)15-6)9(12,13)14/h1,7H,2H2,(H,15,18)(H,16,17). The lowest BCUT2D eigenvalue weighted by atomic mass is 10.1. The molecule has 1 rings (SSSR count). The maximum Gasteiger partial charge on any atom is 0.421 e. The van der Waals surface area contributed by atoms with Crippen LogP contribution in [0.4, 0.5) is 22.0 Å². The predicted octanol–water partition coefficient (Wildman–Crippen LogP) is 1.96. The van der Waals surface area contributed by atoms with Gasteiger partial charge in [-0.3, -0.25) is 9.59 Å². The van der Waals surface area contributed by atoms with Crippen LogP contribution in [0.25, 0.3) is 0 Å². The molecule has 0 radical (unpaired) electrons. The van der Waals surface area contributed by atoms with Crippen molar-refractivity contribution in [2.24, 2.45) is 0 Å². The maximum atomic E-state index is 12.4. The molecular weight excluding hydrogens is 265 g/mol. The molecule has 4 nitrogen and oxygen atoms in total. The lowest BCUT2D eigenvalue weighted by Gasteiger charge is -2.11. The van der Waals surface area contributed by atoms with Gasteiger partial charge in [-0.15, -0.1) is 0 Å². The Balaban J connectivity index is 3.45. The first kappa shape index (κ1) is 14.1. The number of aromatic amines is 1. The molecular formula is C9H6F5NO3. The second kappa shape index (κ2) is 4.75. The molecule has 1 aromatic heterocycles. The number of nitrogens with one attached hydrogen (secondary N) is 1. The number of pyridine rings is 1. The molecule has 0 fully saturated rings. The molecule has 18 heavy (non-hydrogen) atoms. The van der Waals surface area contributed by atoms with E-state index in [1.807, 2.05) is 0 Å². The van der Waals surface area contributed by atoms with Gasteiger partial charge in [-0.1, -0.05) is 0 Å². The highest BCUT2D eigenvalue weighted by molar-refractivity contribution is 5.70. The van der Waals surface area contributed by atoms with E-state index < -0.39 is 47.4 Å². The first-order valence-electron chi connectivity index (χ1n) is 4.46. The van der Waals surface area contributed by atoms with Crippen molar-refractivity contribution in [1.82, 2.24) is 4.98 Å². The van der Waals surface area contributed by atoms with E-state index in [1.165, 1.54) is 4.98 Å². The third-order valence-corrected chi connectivity index (χ3v) is 2.02. The van der Waals surface area contributed by atoms with Gasteiger partial charge in [0.1, 0.15) is 5.56 Å². The number of hydrogen-bond donors (Lipinski definition) is 2. The monoisotopic (exact) mass is 271 g/mol. The van der Waals surface area contributed by atoms with E-state index in [1.54, 1.807) is 0 Å². The quantitative estimate of drug-likeness (QED) is 0.825. The highest BCUT2D eigenvalue weighted by atomic mass is 19.4. The average Bonchev–Trinajstić information content (AvgIpc) is 2.17. The Morgan fingerprint density at radius 2 is 1.94 bits per heavy atom. The Bertz CT molecular complexity index is 520. The van der Waals surface area contributed by atoms with Gasteiger partial charge in [0.05, 0.1) is 12.1 Å². The minimum Gasteiger partial charge on any atom is -0.481 e. The SMILES string of the molecule is O=C(O)Cc1cc(C(F)(F)F)c(=O)[nH]c1C(F)F. The number of carbonyl (C=O) groups is 1. The van der Waals surface area contributed by atoms with Crippen LogP contribution >= 0.6 is 0 Å². The summed E-state index contributed by atoms with van der Waals surface area (Å²) in [5.41, 5.74) is -5.32. The fourth-order valence-electron chi connectivity index (χ4n) is 1.30. The van der Waals surface area contributed by atoms with E-state index in [-0.39, 0.29) is 6.07 Å². The molecule has 0 aliphatic carbocycles. The van der Waals surface area contributed by atoms with Crippen molar-refractivity contribution >= 4 is 5.97 Å². The number of alkyl halides is 5. The molecule has 0 bridgehead atoms. The normalized spacial score (nSPS) is 11.9. The van der Waals surface area contributed by atoms with E-state index in [9.17, 15) is 31.5 Å². The molecule has 0 saturated heterocycles. The van der Waals surface area contributed by atoms with Gasteiger partial charge in [-0.2, -0.15) is 13.2 Å². The van der Waals surface area contributed by atoms with Crippen LogP contribution in [0.2, 0.25) is 0 Å². The average molecular weight is 271 g/mol. The summed E-state index contributed by atoms with van der Waals surface area (Å²) in [7, 11) is 0. The molecule has 9 heteroatoms. The minimum atomic E-state index is -5.04. The largest absolute Gasteiger partial charge is 0.481 e. The number of carboxylic acid groups (broad SMARTS) is 1. The van der Waals surface area contributed by atoms with Crippen LogP contribution in [0.3, 0.4) is 0 Å². The van der Waals surface area contributed by atoms with E-state index >= 15 is 0 Å². The third kappa shape index (κ3) is 3.05. The fraction of sp³-hybridized carbons (Fsp3) is 0.333. The number of hydrogen-bond acceptors (Lipinski definition) is 2. The van der Waals surface area contributed by atoms with Crippen LogP contribution in [0.15, 0.2) is 10.9 Å². The van der Waals surface area contributed by atoms with Gasteiger partial charge in [0.15, 0.2) is 0 Å². The Morgan fingerprint density at radius 1 is 1.39 bits per heavy atom. The van der Waals surface area contributed by atoms with E-state index in [4.69, 9.17) is 5.11 Å². The molecule has 0 atom stereocenters. The van der Waals surface area contributed by atoms with Crippen molar-refractivity contribution in [2.45, 2.75) is 19.0 Å². The molecule has 0 spiro atoms. The molecule has 0 aliphatic rings. The predicted molar refractivity (Wildman–Crippen MR) is 48.4 cm³/mol. The van der Waals surface area contributed by atoms with Crippen molar-refractivity contribution in [1.29, 1.82) is 0 Å². The van der Waals surface area contributed by atoms with Gasteiger partial charge in [0.25, 0.3) is 12.0 Å². The van der Waals surface area contributed by atoms with Crippen molar-refractivity contribution in [2.75, 3.05) is 0 Å². The number of rotatable bonds is 3. The van der Waals surface area contributed by atoms with E-state index in [2.05, 4.69) is 0 Å². The summed E-state index contributed by atoms with van der Waals surface area (Å²) >= 11 is 0. The first-order valence-corrected chi connectivity index (χ1v) is 4.46. The molecule has 0 aromatic carbocycles. The Labute approximate surface area is 96.1 Å². The summed E-state index contributed by atoms with van der Waals surface area (Å²) in [4.78, 5) is 22.7. The lowest BCUT2D eigenvalue weighted by molar-refractivity contribution is -0.139. The van der Waals surface area contributed by atoms with Gasteiger partial charge >= 0.3 is 12.1 Å². The second-order valence-electron chi connectivity index (χ2n) is 3.32. The Hall–Kier alpha value is -1.93. The molecule has 1 aromatic rings. The van der Waals surface area contributed by atoms with Crippen molar-refractivity contribution < 1.29 is 31.9 Å². The second-order valence-corrected chi connectivity index (χ2v) is 3.32. The van der Waals surface area contributed by atoms with Crippen LogP contribution in [0.5, 0.6) is 0 Å². The summed E-state index contributed by atoms with van der Waals surface area (Å²) in [6, 6.07) is 0.133. The molecule has 1 heterocycles. The van der Waals surface area contributed by atoms with E-state index in [0.29, 0.717) is 0 Å². The van der Waals surface area contributed by atoms with Crippen molar-refractivity contribution in [3.63, 3.8) is 0 Å². The number of aliphatic carboxylic acids is 1. The highest BCUT2D eigenvalue weighted by Gasteiger charge is 2.35. The number of H-pyrrole nitrogens is 1. The molecule has 0 aliphatic heterocycles. The van der Waals surface area contributed by atoms with Gasteiger partial charge in [0.2, 0.25) is 0 Å². The zero-order chi connectivity index (χ0) is 14.1. The molecule has 2 N–H and O–H groups in total. The number of carboxylic acids is 1. The van der Waals surface area contributed by atoms with Gasteiger partial charge < -0.3 is 10.1 Å². The first-order chi connectivity index (χ1) is 8.12. The summed E-state index contributed by atoms with van der Waals surface area (Å²) in [5, 5.41) is 8.42. The number of halogens is 5. The minimum absolute atomic E-state index is 0.133. The third-order valence-electron chi connectivity index (χ3n) is 2.02. The maximum absolute atomic E-state index is 12.4. The molecule has 0 saturated carbocycles. The van der Waals surface area contributed by atoms with Crippen LogP contribution < -0.4 is 5.56 Å². The molecule has 0 unspecified atom stereocenters. The summed E-state index contributed by atoms with van der Waals surface area (Å²) < 4.78 is 61.9. The van der Waals surface area contributed by atoms with Crippen LogP contribution in [-0.4, -0.2) is 16.1 Å². The van der Waals surface area contributed by atoms with Crippen LogP contribution in [0.1, 0.15) is 23.2 Å². The summed E-state index contributed by atoms with van der Waals surface area (Å²) in [5.74, 6) is -1.59. The highest BCUT2D eigenvalue weighted by Crippen LogP contribution is 2.29. The van der Waals surface area contributed by atoms with Crippen LogP contribution in [0, 0.1) is 0 Å². The van der Waals surface area contributed by atoms with Gasteiger partial charge in [-0.05, 0) is 11.6 Å². The Kier molecular flexibility index (Phi) is 3.73. The zero-order valence-electron chi connectivity index (χ0n) is 8.52. The fourth-order valence-corrected chi connectivity index (χ4v) is 1.30. The lowest BCUT2D eigenvalue weighted by Crippen LogP contribution is -2.24. The van der Waals surface area contributed by atoms with E-state index in [0.717, 1.165) is 0 Å². The summed E-state index contributed by atoms with van der Waals surface area (Å²) in [6.45, 7) is 0. The Morgan fingerprint density at radius 3 is 2.33 bits per heavy atom. The van der Waals surface area contributed by atoms with Gasteiger partial charge in [0, 0.05) is 0 Å².